The van der Waals surface area contributed by atoms with Crippen LogP contribution in [0.4, 0.5) is 0 Å². The molecule has 0 spiro atoms. The van der Waals surface area contributed by atoms with Crippen molar-refractivity contribution < 1.29 is 21.3 Å². The Kier molecular flexibility index (Phi) is 4.86. The molecule has 0 unspecified atom stereocenters. The van der Waals surface area contributed by atoms with E-state index in [1.165, 1.54) is 40.6 Å². The minimum absolute atomic E-state index is 0.466. The summed E-state index contributed by atoms with van der Waals surface area (Å²) in [6.45, 7) is 6.77. The molecule has 0 heterocycles. The summed E-state index contributed by atoms with van der Waals surface area (Å²) in [5.41, 5.74) is 0.466. The van der Waals surface area contributed by atoms with E-state index in [1.807, 2.05) is 0 Å². The Morgan fingerprint density at radius 2 is 1.44 bits per heavy atom. The van der Waals surface area contributed by atoms with Gasteiger partial charge in [0, 0.05) is 0 Å². The average Bonchev–Trinajstić information content (AvgIpc) is 1.95. The van der Waals surface area contributed by atoms with Crippen molar-refractivity contribution in [1.82, 2.24) is 3.72 Å². The van der Waals surface area contributed by atoms with Crippen molar-refractivity contribution in [3.05, 3.63) is 0 Å². The summed E-state index contributed by atoms with van der Waals surface area (Å²) in [5, 5.41) is 0. The fraction of sp³-hybridized carbons (Fsp3) is 1.00. The van der Waals surface area contributed by atoms with Gasteiger partial charge in [-0.25, -0.2) is 0 Å². The zero-order valence-electron chi connectivity index (χ0n) is 6.57. The van der Waals surface area contributed by atoms with Gasteiger partial charge in [0.25, 0.3) is 0 Å². The van der Waals surface area contributed by atoms with Gasteiger partial charge in [-0.3, -0.25) is 0 Å². The van der Waals surface area contributed by atoms with Gasteiger partial charge >= 0.3 is 70.6 Å². The molecule has 1 nitrogen and oxygen atoms in total. The van der Waals surface area contributed by atoms with Gasteiger partial charge in [-0.15, -0.1) is 0 Å². The van der Waals surface area contributed by atoms with E-state index in [4.69, 9.17) is 0 Å². The predicted molar refractivity (Wildman–Crippen MR) is 36.7 cm³/mol. The molecule has 1 N–H and O–H groups in total. The van der Waals surface area contributed by atoms with Crippen molar-refractivity contribution in [3.63, 3.8) is 0 Å². The molecule has 0 aromatic rings. The molecule has 0 saturated carbocycles. The molecular weight excluding hydrogens is 279 g/mol. The quantitative estimate of drug-likeness (QED) is 0.836. The van der Waals surface area contributed by atoms with E-state index >= 15 is 0 Å². The van der Waals surface area contributed by atoms with Crippen LogP contribution >= 0.6 is 0 Å². The SMILES string of the molecule is CCC(CC)(CC)[NH][Ta]. The van der Waals surface area contributed by atoms with Crippen LogP contribution in [-0.2, 0) is 21.3 Å². The van der Waals surface area contributed by atoms with Crippen LogP contribution in [0.2, 0.25) is 0 Å². The van der Waals surface area contributed by atoms with Crippen molar-refractivity contribution in [1.29, 1.82) is 0 Å². The Morgan fingerprint density at radius 1 is 1.11 bits per heavy atom. The van der Waals surface area contributed by atoms with Crippen LogP contribution in [0.1, 0.15) is 40.0 Å². The first kappa shape index (κ1) is 9.70. The van der Waals surface area contributed by atoms with Crippen LogP contribution in [0.5, 0.6) is 0 Å². The topological polar surface area (TPSA) is 12.0 Å². The van der Waals surface area contributed by atoms with E-state index < -0.39 is 0 Å². The van der Waals surface area contributed by atoms with Crippen LogP contribution < -0.4 is 3.72 Å². The average molecular weight is 295 g/mol. The third-order valence-electron chi connectivity index (χ3n) is 2.27. The predicted octanol–water partition coefficient (Wildman–Crippen LogP) is 2.01. The summed E-state index contributed by atoms with van der Waals surface area (Å²) < 4.78 is 3.48. The van der Waals surface area contributed by atoms with Gasteiger partial charge in [-0.2, -0.15) is 0 Å². The molecule has 54 valence electrons. The Hall–Kier alpha value is 0.700. The molecule has 9 heavy (non-hydrogen) atoms. The summed E-state index contributed by atoms with van der Waals surface area (Å²) in [4.78, 5) is 0. The number of hydrogen-bond donors (Lipinski definition) is 1. The second-order valence-corrected chi connectivity index (χ2v) is 3.26. The summed E-state index contributed by atoms with van der Waals surface area (Å²) in [5.74, 6) is 0. The fourth-order valence-corrected chi connectivity index (χ4v) is 2.69. The van der Waals surface area contributed by atoms with E-state index in [0.29, 0.717) is 5.54 Å². The molecule has 0 rings (SSSR count). The molecule has 0 saturated heterocycles. The molecule has 0 aliphatic rings. The fourth-order valence-electron chi connectivity index (χ4n) is 0.987. The molecule has 0 atom stereocenters. The van der Waals surface area contributed by atoms with Gasteiger partial charge in [0.15, 0.2) is 0 Å². The van der Waals surface area contributed by atoms with E-state index in [2.05, 4.69) is 24.5 Å². The molecule has 0 aromatic carbocycles. The first-order valence-electron chi connectivity index (χ1n) is 3.66. The van der Waals surface area contributed by atoms with E-state index in [1.54, 1.807) is 0 Å². The zero-order chi connectivity index (χ0) is 7.33. The molecule has 2 heteroatoms. The molecule has 0 aliphatic carbocycles. The van der Waals surface area contributed by atoms with Crippen molar-refractivity contribution in [2.45, 2.75) is 45.6 Å². The number of nitrogens with one attached hydrogen (secondary N) is 1. The van der Waals surface area contributed by atoms with Crippen LogP contribution in [0.25, 0.3) is 0 Å². The van der Waals surface area contributed by atoms with Crippen LogP contribution in [0.15, 0.2) is 0 Å². The molecule has 0 fully saturated rings. The molecule has 0 bridgehead atoms. The Bertz CT molecular complexity index is 51.8. The molecule has 0 amide bonds. The van der Waals surface area contributed by atoms with Crippen molar-refractivity contribution in [3.8, 4) is 0 Å². The van der Waals surface area contributed by atoms with Gasteiger partial charge in [0.05, 0.1) is 0 Å². The maximum absolute atomic E-state index is 3.48. The van der Waals surface area contributed by atoms with Crippen molar-refractivity contribution in [2.75, 3.05) is 0 Å². The standard InChI is InChI=1S/C7H16N.Ta/c1-4-7(8,5-2)6-3;/h8H,4-6H2,1-3H3;/q-1;+1. The molecule has 0 aliphatic heterocycles. The van der Waals surface area contributed by atoms with Gasteiger partial charge in [-0.05, 0) is 0 Å². The van der Waals surface area contributed by atoms with Gasteiger partial charge in [0.2, 0.25) is 0 Å². The van der Waals surface area contributed by atoms with Gasteiger partial charge < -0.3 is 0 Å². The van der Waals surface area contributed by atoms with Crippen molar-refractivity contribution in [2.24, 2.45) is 0 Å². The van der Waals surface area contributed by atoms with Crippen molar-refractivity contribution >= 4 is 0 Å². The normalized spacial score (nSPS) is 11.9. The Labute approximate surface area is 70.8 Å². The first-order valence-corrected chi connectivity index (χ1v) is 5.26. The van der Waals surface area contributed by atoms with Crippen LogP contribution in [0, 0.1) is 0 Å². The monoisotopic (exact) mass is 295 g/mol. The van der Waals surface area contributed by atoms with Gasteiger partial charge in [0.1, 0.15) is 0 Å². The van der Waals surface area contributed by atoms with Gasteiger partial charge in [-0.1, -0.05) is 0 Å². The maximum atomic E-state index is 3.48. The third kappa shape index (κ3) is 2.42. The van der Waals surface area contributed by atoms with E-state index in [0.717, 1.165) is 0 Å². The molecular formula is C7H16NTa. The molecule has 0 aromatic heterocycles. The van der Waals surface area contributed by atoms with E-state index in [-0.39, 0.29) is 0 Å². The molecule has 0 radical (unpaired) electrons. The minimum atomic E-state index is 0.466. The second-order valence-electron chi connectivity index (χ2n) is 2.45. The van der Waals surface area contributed by atoms with Crippen LogP contribution in [0.3, 0.4) is 0 Å². The third-order valence-corrected chi connectivity index (χ3v) is 3.97. The summed E-state index contributed by atoms with van der Waals surface area (Å²) in [7, 11) is 0. The zero-order valence-corrected chi connectivity index (χ0v) is 9.78. The Balaban J connectivity index is 3.82. The number of rotatable bonds is 4. The summed E-state index contributed by atoms with van der Waals surface area (Å²) in [6.07, 6.45) is 3.78. The first-order chi connectivity index (χ1) is 4.24. The van der Waals surface area contributed by atoms with E-state index in [9.17, 15) is 0 Å². The summed E-state index contributed by atoms with van der Waals surface area (Å²) >= 11 is 1.31. The summed E-state index contributed by atoms with van der Waals surface area (Å²) in [6, 6.07) is 0. The van der Waals surface area contributed by atoms with Crippen LogP contribution in [-0.4, -0.2) is 5.54 Å². The second kappa shape index (κ2) is 4.51. The number of hydrogen-bond acceptors (Lipinski definition) is 1. The Morgan fingerprint density at radius 3 is 1.44 bits per heavy atom.